The molecule has 1 atom stereocenters. The molecule has 1 aliphatic rings. The predicted octanol–water partition coefficient (Wildman–Crippen LogP) is 2.87. The van der Waals surface area contributed by atoms with Crippen molar-refractivity contribution in [3.63, 3.8) is 0 Å². The molecule has 0 fully saturated rings. The van der Waals surface area contributed by atoms with Gasteiger partial charge in [0.1, 0.15) is 0 Å². The quantitative estimate of drug-likeness (QED) is 0.235. The number of rotatable bonds is 11. The van der Waals surface area contributed by atoms with E-state index < -0.39 is 23.9 Å². The topological polar surface area (TPSA) is 131 Å². The van der Waals surface area contributed by atoms with Gasteiger partial charge in [0, 0.05) is 24.5 Å². The first-order valence-corrected chi connectivity index (χ1v) is 12.1. The second kappa shape index (κ2) is 13.1. The standard InChI is InChI=1S/C27H33N5O6/c1-6-32(7-2)20-11-8-18(9-12-20)15-28-31-23(33)16-38-21-13-10-19(14-22(21)36-4)25-24(26(34)37-5)17(3)29-27(35)30-25/h8-15,25H,6-7,16H2,1-5H3,(H,31,33)(H2,29,30,35)/b28-15-/t25-/m1/s1. The van der Waals surface area contributed by atoms with E-state index >= 15 is 0 Å². The molecule has 0 unspecified atom stereocenters. The third-order valence-corrected chi connectivity index (χ3v) is 5.98. The monoisotopic (exact) mass is 523 g/mol. The first-order valence-electron chi connectivity index (χ1n) is 12.1. The summed E-state index contributed by atoms with van der Waals surface area (Å²) in [6, 6.07) is 11.6. The predicted molar refractivity (Wildman–Crippen MR) is 143 cm³/mol. The highest BCUT2D eigenvalue weighted by Crippen LogP contribution is 2.34. The lowest BCUT2D eigenvalue weighted by Gasteiger charge is -2.28. The van der Waals surface area contributed by atoms with Gasteiger partial charge in [0.25, 0.3) is 5.91 Å². The molecule has 38 heavy (non-hydrogen) atoms. The fraction of sp³-hybridized carbons (Fsp3) is 0.333. The van der Waals surface area contributed by atoms with E-state index in [4.69, 9.17) is 14.2 Å². The van der Waals surface area contributed by atoms with Crippen LogP contribution in [0.5, 0.6) is 11.5 Å². The van der Waals surface area contributed by atoms with E-state index in [1.54, 1.807) is 31.3 Å². The molecule has 11 heteroatoms. The maximum atomic E-state index is 12.3. The van der Waals surface area contributed by atoms with E-state index in [-0.39, 0.29) is 12.2 Å². The summed E-state index contributed by atoms with van der Waals surface area (Å²) in [4.78, 5) is 38.9. The molecule has 2 aromatic carbocycles. The number of nitrogens with one attached hydrogen (secondary N) is 3. The van der Waals surface area contributed by atoms with Crippen LogP contribution < -0.4 is 30.4 Å². The number of nitrogens with zero attached hydrogens (tertiary/aromatic N) is 2. The Labute approximate surface area is 221 Å². The lowest BCUT2D eigenvalue weighted by molar-refractivity contribution is -0.136. The second-order valence-corrected chi connectivity index (χ2v) is 8.32. The molecular formula is C27H33N5O6. The molecule has 0 aromatic heterocycles. The SMILES string of the molecule is CCN(CC)c1ccc(/C=N\NC(=O)COc2ccc([C@H]3NC(=O)NC(C)=C3C(=O)OC)cc2OC)cc1. The number of hydrazone groups is 1. The van der Waals surface area contributed by atoms with Gasteiger partial charge in [-0.2, -0.15) is 5.10 Å². The lowest BCUT2D eigenvalue weighted by atomic mass is 9.95. The summed E-state index contributed by atoms with van der Waals surface area (Å²) < 4.78 is 15.9. The highest BCUT2D eigenvalue weighted by Gasteiger charge is 2.32. The Morgan fingerprint density at radius 3 is 2.42 bits per heavy atom. The molecule has 3 amide bonds. The van der Waals surface area contributed by atoms with Crippen LogP contribution in [0.15, 0.2) is 58.8 Å². The number of amides is 3. The number of esters is 1. The van der Waals surface area contributed by atoms with Gasteiger partial charge in [-0.1, -0.05) is 18.2 Å². The zero-order chi connectivity index (χ0) is 27.7. The molecule has 11 nitrogen and oxygen atoms in total. The van der Waals surface area contributed by atoms with Crippen LogP contribution in [0.1, 0.15) is 37.9 Å². The molecule has 3 N–H and O–H groups in total. The van der Waals surface area contributed by atoms with Crippen molar-refractivity contribution in [3.05, 3.63) is 64.9 Å². The van der Waals surface area contributed by atoms with Crippen molar-refractivity contribution in [3.8, 4) is 11.5 Å². The van der Waals surface area contributed by atoms with Crippen LogP contribution in [0.4, 0.5) is 10.5 Å². The number of hydrogen-bond acceptors (Lipinski definition) is 8. The van der Waals surface area contributed by atoms with E-state index in [0.717, 1.165) is 24.3 Å². The van der Waals surface area contributed by atoms with E-state index in [2.05, 4.69) is 39.9 Å². The Balaban J connectivity index is 1.62. The van der Waals surface area contributed by atoms with Gasteiger partial charge in [-0.25, -0.2) is 15.0 Å². The maximum absolute atomic E-state index is 12.3. The molecule has 0 saturated carbocycles. The summed E-state index contributed by atoms with van der Waals surface area (Å²) in [6.45, 7) is 7.38. The van der Waals surface area contributed by atoms with Crippen molar-refractivity contribution in [2.75, 3.05) is 38.8 Å². The van der Waals surface area contributed by atoms with Crippen LogP contribution in [0, 0.1) is 0 Å². The first-order chi connectivity index (χ1) is 18.3. The number of ether oxygens (including phenoxy) is 3. The van der Waals surface area contributed by atoms with Crippen molar-refractivity contribution in [1.29, 1.82) is 0 Å². The van der Waals surface area contributed by atoms with E-state index in [1.807, 2.05) is 24.3 Å². The van der Waals surface area contributed by atoms with Crippen molar-refractivity contribution in [2.24, 2.45) is 5.10 Å². The van der Waals surface area contributed by atoms with E-state index in [9.17, 15) is 14.4 Å². The minimum Gasteiger partial charge on any atom is -0.493 e. The Hall–Kier alpha value is -4.54. The smallest absolute Gasteiger partial charge is 0.337 e. The Morgan fingerprint density at radius 2 is 1.79 bits per heavy atom. The average Bonchev–Trinajstić information content (AvgIpc) is 2.92. The summed E-state index contributed by atoms with van der Waals surface area (Å²) in [5.74, 6) is -0.398. The highest BCUT2D eigenvalue weighted by molar-refractivity contribution is 5.95. The minimum absolute atomic E-state index is 0.266. The van der Waals surface area contributed by atoms with Gasteiger partial charge in [-0.3, -0.25) is 4.79 Å². The van der Waals surface area contributed by atoms with Gasteiger partial charge in [0.2, 0.25) is 0 Å². The number of allylic oxidation sites excluding steroid dienone is 1. The van der Waals surface area contributed by atoms with Crippen molar-refractivity contribution < 1.29 is 28.6 Å². The van der Waals surface area contributed by atoms with Crippen molar-refractivity contribution >= 4 is 29.8 Å². The van der Waals surface area contributed by atoms with Crippen LogP contribution in [-0.4, -0.2) is 58.0 Å². The third kappa shape index (κ3) is 6.81. The van der Waals surface area contributed by atoms with Gasteiger partial charge in [-0.05, 0) is 56.2 Å². The number of carbonyl (C=O) groups is 3. The van der Waals surface area contributed by atoms with E-state index in [1.165, 1.54) is 14.2 Å². The number of benzene rings is 2. The number of carbonyl (C=O) groups excluding carboxylic acids is 3. The summed E-state index contributed by atoms with van der Waals surface area (Å²) >= 11 is 0. The first kappa shape index (κ1) is 28.0. The molecule has 2 aromatic rings. The number of methoxy groups -OCH3 is 2. The number of anilines is 1. The molecule has 3 rings (SSSR count). The van der Waals surface area contributed by atoms with Crippen LogP contribution in [0.3, 0.4) is 0 Å². The highest BCUT2D eigenvalue weighted by atomic mass is 16.5. The molecule has 1 heterocycles. The lowest BCUT2D eigenvalue weighted by Crippen LogP contribution is -2.45. The van der Waals surface area contributed by atoms with Gasteiger partial charge in [0.05, 0.1) is 32.0 Å². The maximum Gasteiger partial charge on any atom is 0.337 e. The fourth-order valence-corrected chi connectivity index (χ4v) is 4.02. The van der Waals surface area contributed by atoms with Crippen LogP contribution in [0.2, 0.25) is 0 Å². The summed E-state index contributed by atoms with van der Waals surface area (Å²) in [6.07, 6.45) is 1.56. The number of hydrogen-bond donors (Lipinski definition) is 3. The Kier molecular flexibility index (Phi) is 9.69. The normalized spacial score (nSPS) is 15.0. The summed E-state index contributed by atoms with van der Waals surface area (Å²) in [5.41, 5.74) is 5.64. The Bertz CT molecular complexity index is 1220. The molecular weight excluding hydrogens is 490 g/mol. The second-order valence-electron chi connectivity index (χ2n) is 8.32. The third-order valence-electron chi connectivity index (χ3n) is 5.98. The average molecular weight is 524 g/mol. The summed E-state index contributed by atoms with van der Waals surface area (Å²) in [7, 11) is 2.72. The minimum atomic E-state index is -0.752. The van der Waals surface area contributed by atoms with E-state index in [0.29, 0.717) is 22.8 Å². The fourth-order valence-electron chi connectivity index (χ4n) is 4.02. The Morgan fingerprint density at radius 1 is 1.08 bits per heavy atom. The molecule has 0 saturated heterocycles. The molecule has 0 spiro atoms. The summed E-state index contributed by atoms with van der Waals surface area (Å²) in [5, 5.41) is 9.27. The molecule has 1 aliphatic heterocycles. The molecule has 0 aliphatic carbocycles. The largest absolute Gasteiger partial charge is 0.493 e. The van der Waals surface area contributed by atoms with Crippen LogP contribution >= 0.6 is 0 Å². The molecule has 0 radical (unpaired) electrons. The van der Waals surface area contributed by atoms with Gasteiger partial charge in [-0.15, -0.1) is 0 Å². The zero-order valence-electron chi connectivity index (χ0n) is 22.2. The molecule has 0 bridgehead atoms. The number of urea groups is 1. The molecule has 202 valence electrons. The zero-order valence-corrected chi connectivity index (χ0v) is 22.2. The van der Waals surface area contributed by atoms with Gasteiger partial charge in [0.15, 0.2) is 18.1 Å². The van der Waals surface area contributed by atoms with Crippen molar-refractivity contribution in [1.82, 2.24) is 16.1 Å². The van der Waals surface area contributed by atoms with Gasteiger partial charge >= 0.3 is 12.0 Å². The van der Waals surface area contributed by atoms with Crippen LogP contribution in [-0.2, 0) is 14.3 Å². The van der Waals surface area contributed by atoms with Crippen LogP contribution in [0.25, 0.3) is 0 Å². The van der Waals surface area contributed by atoms with Crippen molar-refractivity contribution in [2.45, 2.75) is 26.8 Å². The van der Waals surface area contributed by atoms with Gasteiger partial charge < -0.3 is 29.7 Å².